The van der Waals surface area contributed by atoms with Crippen LogP contribution in [0.25, 0.3) is 0 Å². The summed E-state index contributed by atoms with van der Waals surface area (Å²) < 4.78 is 2.91. The number of aromatic nitrogens is 3. The summed E-state index contributed by atoms with van der Waals surface area (Å²) in [7, 11) is 0. The monoisotopic (exact) mass is 171 g/mol. The van der Waals surface area contributed by atoms with Crippen LogP contribution in [-0.4, -0.2) is 14.8 Å². The molecule has 0 aromatic carbocycles. The van der Waals surface area contributed by atoms with Crippen LogP contribution < -0.4 is 4.68 Å². The standard InChI is InChI=1S/C6H11N4O2/c1-3-8-5-6(10(11)12)9(4-2)7-8/h5H,3-4H2,1-2H3/q+1. The molecule has 1 heterocycles. The molecule has 0 saturated heterocycles. The zero-order chi connectivity index (χ0) is 9.14. The lowest BCUT2D eigenvalue weighted by Crippen LogP contribution is -2.34. The predicted molar refractivity (Wildman–Crippen MR) is 40.4 cm³/mol. The van der Waals surface area contributed by atoms with Gasteiger partial charge in [0.25, 0.3) is 0 Å². The normalized spacial score (nSPS) is 10.2. The van der Waals surface area contributed by atoms with E-state index in [9.17, 15) is 10.1 Å². The Bertz CT molecular complexity index is 294. The van der Waals surface area contributed by atoms with Crippen molar-refractivity contribution in [3.05, 3.63) is 16.3 Å². The molecule has 1 aromatic heterocycles. The molecule has 0 saturated carbocycles. The van der Waals surface area contributed by atoms with Gasteiger partial charge in [0.1, 0.15) is 13.1 Å². The first-order valence-corrected chi connectivity index (χ1v) is 3.81. The Morgan fingerprint density at radius 2 is 2.42 bits per heavy atom. The van der Waals surface area contributed by atoms with Crippen LogP contribution in [0, 0.1) is 10.1 Å². The molecular formula is C6H11N4O2+. The topological polar surface area (TPSA) is 64.8 Å². The zero-order valence-electron chi connectivity index (χ0n) is 7.10. The van der Waals surface area contributed by atoms with Crippen molar-refractivity contribution in [1.82, 2.24) is 9.90 Å². The minimum absolute atomic E-state index is 0.0411. The van der Waals surface area contributed by atoms with Crippen LogP contribution in [0.5, 0.6) is 0 Å². The van der Waals surface area contributed by atoms with E-state index < -0.39 is 4.92 Å². The lowest BCUT2D eigenvalue weighted by Gasteiger charge is -1.89. The van der Waals surface area contributed by atoms with Crippen molar-refractivity contribution < 1.29 is 9.61 Å². The molecule has 1 rings (SSSR count). The Kier molecular flexibility index (Phi) is 2.37. The summed E-state index contributed by atoms with van der Waals surface area (Å²) in [6, 6.07) is 0. The van der Waals surface area contributed by atoms with Crippen molar-refractivity contribution in [2.24, 2.45) is 0 Å². The average molecular weight is 171 g/mol. The maximum Gasteiger partial charge on any atom is 0.387 e. The van der Waals surface area contributed by atoms with Crippen LogP contribution in [0.15, 0.2) is 6.20 Å². The summed E-state index contributed by atoms with van der Waals surface area (Å²) in [6.07, 6.45) is 1.43. The van der Waals surface area contributed by atoms with Gasteiger partial charge in [-0.2, -0.15) is 0 Å². The first-order valence-electron chi connectivity index (χ1n) is 3.81. The van der Waals surface area contributed by atoms with Gasteiger partial charge in [-0.25, -0.2) is 0 Å². The molecule has 6 nitrogen and oxygen atoms in total. The predicted octanol–water partition coefficient (Wildman–Crippen LogP) is 0.119. The fourth-order valence-electron chi connectivity index (χ4n) is 0.931. The van der Waals surface area contributed by atoms with Crippen molar-refractivity contribution in [2.45, 2.75) is 26.9 Å². The lowest BCUT2D eigenvalue weighted by atomic mass is 10.6. The third-order valence-electron chi connectivity index (χ3n) is 1.56. The Hall–Kier alpha value is -1.46. The molecule has 0 amide bonds. The van der Waals surface area contributed by atoms with E-state index in [1.807, 2.05) is 13.8 Å². The molecule has 0 spiro atoms. The summed E-state index contributed by atoms with van der Waals surface area (Å²) in [5.41, 5.74) is 0. The van der Waals surface area contributed by atoms with Crippen LogP contribution >= 0.6 is 0 Å². The smallest absolute Gasteiger partial charge is 0.358 e. The van der Waals surface area contributed by atoms with Gasteiger partial charge in [-0.15, -0.1) is 4.68 Å². The molecule has 0 atom stereocenters. The molecule has 0 N–H and O–H groups in total. The number of rotatable bonds is 3. The van der Waals surface area contributed by atoms with Crippen molar-refractivity contribution in [3.63, 3.8) is 0 Å². The van der Waals surface area contributed by atoms with E-state index >= 15 is 0 Å². The number of nitrogens with zero attached hydrogens (tertiary/aromatic N) is 4. The summed E-state index contributed by atoms with van der Waals surface area (Å²) in [5, 5.41) is 14.4. The highest BCUT2D eigenvalue weighted by molar-refractivity contribution is 5.07. The SMILES string of the molecule is CCn1n[n+](CC)cc1[N+](=O)[O-]. The van der Waals surface area contributed by atoms with Gasteiger partial charge in [0.2, 0.25) is 6.20 Å². The molecule has 6 heteroatoms. The summed E-state index contributed by atoms with van der Waals surface area (Å²) in [6.45, 7) is 4.87. The van der Waals surface area contributed by atoms with Crippen molar-refractivity contribution in [3.8, 4) is 0 Å². The lowest BCUT2D eigenvalue weighted by molar-refractivity contribution is -0.752. The van der Waals surface area contributed by atoms with E-state index in [2.05, 4.69) is 5.21 Å². The first-order chi connectivity index (χ1) is 5.69. The largest absolute Gasteiger partial charge is 0.387 e. The Morgan fingerprint density at radius 3 is 2.75 bits per heavy atom. The molecule has 0 aliphatic heterocycles. The molecule has 0 fully saturated rings. The van der Waals surface area contributed by atoms with E-state index in [0.717, 1.165) is 0 Å². The second-order valence-electron chi connectivity index (χ2n) is 2.31. The summed E-state index contributed by atoms with van der Waals surface area (Å²) >= 11 is 0. The van der Waals surface area contributed by atoms with Gasteiger partial charge >= 0.3 is 5.82 Å². The Balaban J connectivity index is 3.08. The number of nitro groups is 1. The minimum Gasteiger partial charge on any atom is -0.358 e. The van der Waals surface area contributed by atoms with Crippen LogP contribution in [0.4, 0.5) is 5.82 Å². The summed E-state index contributed by atoms with van der Waals surface area (Å²) in [5.74, 6) is 0.0411. The van der Waals surface area contributed by atoms with Gasteiger partial charge in [-0.3, -0.25) is 0 Å². The fraction of sp³-hybridized carbons (Fsp3) is 0.667. The van der Waals surface area contributed by atoms with Gasteiger partial charge in [-0.05, 0) is 18.8 Å². The third-order valence-corrected chi connectivity index (χ3v) is 1.56. The molecule has 0 unspecified atom stereocenters. The van der Waals surface area contributed by atoms with Crippen molar-refractivity contribution in [2.75, 3.05) is 0 Å². The number of aryl methyl sites for hydroxylation is 2. The van der Waals surface area contributed by atoms with E-state index in [1.165, 1.54) is 10.9 Å². The van der Waals surface area contributed by atoms with Gasteiger partial charge in [0, 0.05) is 0 Å². The summed E-state index contributed by atoms with van der Waals surface area (Å²) in [4.78, 5) is 10.0. The maximum absolute atomic E-state index is 10.4. The van der Waals surface area contributed by atoms with E-state index in [1.54, 1.807) is 4.68 Å². The van der Waals surface area contributed by atoms with E-state index in [0.29, 0.717) is 13.1 Å². The van der Waals surface area contributed by atoms with Crippen LogP contribution in [-0.2, 0) is 13.1 Å². The highest BCUT2D eigenvalue weighted by Crippen LogP contribution is 2.04. The van der Waals surface area contributed by atoms with E-state index in [-0.39, 0.29) is 5.82 Å². The fourth-order valence-corrected chi connectivity index (χ4v) is 0.931. The minimum atomic E-state index is -0.428. The van der Waals surface area contributed by atoms with Crippen LogP contribution in [0.2, 0.25) is 0 Å². The first kappa shape index (κ1) is 8.63. The Labute approximate surface area is 69.5 Å². The molecule has 1 aromatic rings. The molecule has 0 aliphatic rings. The number of hydrogen-bond donors (Lipinski definition) is 0. The molecule has 0 aliphatic carbocycles. The highest BCUT2D eigenvalue weighted by Gasteiger charge is 2.18. The van der Waals surface area contributed by atoms with Gasteiger partial charge < -0.3 is 10.1 Å². The second kappa shape index (κ2) is 3.29. The van der Waals surface area contributed by atoms with Crippen molar-refractivity contribution in [1.29, 1.82) is 0 Å². The average Bonchev–Trinajstić information content (AvgIpc) is 2.47. The van der Waals surface area contributed by atoms with Gasteiger partial charge in [0.05, 0.1) is 5.21 Å². The second-order valence-corrected chi connectivity index (χ2v) is 2.31. The molecular weight excluding hydrogens is 160 g/mol. The van der Waals surface area contributed by atoms with Gasteiger partial charge in [0.15, 0.2) is 0 Å². The van der Waals surface area contributed by atoms with Crippen LogP contribution in [0.1, 0.15) is 13.8 Å². The molecule has 66 valence electrons. The van der Waals surface area contributed by atoms with Crippen molar-refractivity contribution >= 4 is 5.82 Å². The van der Waals surface area contributed by atoms with Crippen LogP contribution in [0.3, 0.4) is 0 Å². The van der Waals surface area contributed by atoms with Gasteiger partial charge in [-0.1, -0.05) is 4.68 Å². The molecule has 12 heavy (non-hydrogen) atoms. The quantitative estimate of drug-likeness (QED) is 0.368. The zero-order valence-corrected chi connectivity index (χ0v) is 7.10. The number of hydrogen-bond acceptors (Lipinski definition) is 3. The maximum atomic E-state index is 10.4. The third kappa shape index (κ3) is 1.41. The highest BCUT2D eigenvalue weighted by atomic mass is 16.6. The Morgan fingerprint density at radius 1 is 1.75 bits per heavy atom. The van der Waals surface area contributed by atoms with E-state index in [4.69, 9.17) is 0 Å². The molecule has 0 bridgehead atoms. The molecule has 0 radical (unpaired) electrons.